The molecular formula is C20H29N7OS. The lowest BCUT2D eigenvalue weighted by Gasteiger charge is -2.12. The molecule has 2 aromatic rings. The zero-order valence-corrected chi connectivity index (χ0v) is 17.8. The summed E-state index contributed by atoms with van der Waals surface area (Å²) in [4.78, 5) is 12.2. The van der Waals surface area contributed by atoms with E-state index in [0.29, 0.717) is 17.0 Å². The monoisotopic (exact) mass is 415 g/mol. The SMILES string of the molecule is CCC(C)c1ccc(NC(=O)CSc2nnc(NN=C3CCCCC3)n2N)cc1. The highest BCUT2D eigenvalue weighted by Crippen LogP contribution is 2.21. The third kappa shape index (κ3) is 5.96. The van der Waals surface area contributed by atoms with Gasteiger partial charge in [-0.3, -0.25) is 4.79 Å². The molecule has 0 spiro atoms. The molecular weight excluding hydrogens is 386 g/mol. The lowest BCUT2D eigenvalue weighted by atomic mass is 9.99. The number of carbonyl (C=O) groups is 1. The molecule has 1 saturated carbocycles. The Kier molecular flexibility index (Phi) is 7.51. The molecule has 29 heavy (non-hydrogen) atoms. The molecule has 8 nitrogen and oxygen atoms in total. The highest BCUT2D eigenvalue weighted by Gasteiger charge is 2.13. The van der Waals surface area contributed by atoms with Crippen LogP contribution >= 0.6 is 11.8 Å². The number of thioether (sulfide) groups is 1. The Balaban J connectivity index is 1.49. The average molecular weight is 416 g/mol. The molecule has 1 atom stereocenters. The molecule has 1 aliphatic carbocycles. The maximum absolute atomic E-state index is 12.2. The minimum absolute atomic E-state index is 0.119. The number of nitrogen functional groups attached to an aromatic ring is 1. The Morgan fingerprint density at radius 2 is 1.97 bits per heavy atom. The molecule has 1 aliphatic rings. The van der Waals surface area contributed by atoms with E-state index in [0.717, 1.165) is 30.7 Å². The van der Waals surface area contributed by atoms with Crippen LogP contribution < -0.4 is 16.6 Å². The number of anilines is 2. The van der Waals surface area contributed by atoms with Crippen molar-refractivity contribution in [3.8, 4) is 0 Å². The van der Waals surface area contributed by atoms with Crippen molar-refractivity contribution in [2.45, 2.75) is 63.4 Å². The summed E-state index contributed by atoms with van der Waals surface area (Å²) in [5, 5.41) is 15.8. The fraction of sp³-hybridized carbons (Fsp3) is 0.500. The van der Waals surface area contributed by atoms with Gasteiger partial charge in [-0.15, -0.1) is 10.2 Å². The Labute approximate surface area is 175 Å². The molecule has 1 fully saturated rings. The second-order valence-corrected chi connectivity index (χ2v) is 8.24. The lowest BCUT2D eigenvalue weighted by Crippen LogP contribution is -2.17. The van der Waals surface area contributed by atoms with Gasteiger partial charge in [0.05, 0.1) is 5.75 Å². The molecule has 1 heterocycles. The van der Waals surface area contributed by atoms with E-state index in [1.54, 1.807) is 0 Å². The van der Waals surface area contributed by atoms with Gasteiger partial charge in [0.25, 0.3) is 5.95 Å². The number of hydrogen-bond donors (Lipinski definition) is 3. The summed E-state index contributed by atoms with van der Waals surface area (Å²) in [6, 6.07) is 7.97. The summed E-state index contributed by atoms with van der Waals surface area (Å²) < 4.78 is 1.33. The van der Waals surface area contributed by atoms with E-state index < -0.39 is 0 Å². The summed E-state index contributed by atoms with van der Waals surface area (Å²) >= 11 is 1.23. The van der Waals surface area contributed by atoms with Crippen LogP contribution in [0.1, 0.15) is 63.9 Å². The lowest BCUT2D eigenvalue weighted by molar-refractivity contribution is -0.113. The number of hydrazone groups is 1. The number of rotatable bonds is 8. The van der Waals surface area contributed by atoms with Gasteiger partial charge in [-0.1, -0.05) is 44.2 Å². The second-order valence-electron chi connectivity index (χ2n) is 7.29. The first kappa shape index (κ1) is 21.2. The maximum Gasteiger partial charge on any atom is 0.264 e. The molecule has 1 aromatic carbocycles. The van der Waals surface area contributed by atoms with Gasteiger partial charge in [-0.05, 0) is 55.7 Å². The van der Waals surface area contributed by atoms with Gasteiger partial charge in [0.1, 0.15) is 0 Å². The van der Waals surface area contributed by atoms with Gasteiger partial charge in [-0.25, -0.2) is 10.1 Å². The molecule has 1 aromatic heterocycles. The van der Waals surface area contributed by atoms with E-state index in [1.165, 1.54) is 41.3 Å². The highest BCUT2D eigenvalue weighted by atomic mass is 32.2. The van der Waals surface area contributed by atoms with Crippen LogP contribution in [0.4, 0.5) is 11.6 Å². The Bertz CT molecular complexity index is 839. The molecule has 4 N–H and O–H groups in total. The standard InChI is InChI=1S/C20H29N7OS/c1-3-14(2)15-9-11-16(12-10-15)22-18(28)13-29-20-26-25-19(27(20)21)24-23-17-7-5-4-6-8-17/h9-12,14H,3-8,13,21H2,1-2H3,(H,22,28)(H,24,25). The smallest absolute Gasteiger partial charge is 0.264 e. The fourth-order valence-corrected chi connectivity index (χ4v) is 3.77. The molecule has 1 amide bonds. The van der Waals surface area contributed by atoms with E-state index in [2.05, 4.69) is 52.0 Å². The molecule has 0 radical (unpaired) electrons. The Morgan fingerprint density at radius 1 is 1.24 bits per heavy atom. The Morgan fingerprint density at radius 3 is 2.66 bits per heavy atom. The van der Waals surface area contributed by atoms with Gasteiger partial charge >= 0.3 is 0 Å². The van der Waals surface area contributed by atoms with Crippen LogP contribution in [0.3, 0.4) is 0 Å². The predicted octanol–water partition coefficient (Wildman–Crippen LogP) is 3.97. The van der Waals surface area contributed by atoms with E-state index in [4.69, 9.17) is 5.84 Å². The number of aromatic nitrogens is 3. The summed E-state index contributed by atoms with van der Waals surface area (Å²) in [6.45, 7) is 4.36. The number of nitrogens with zero attached hydrogens (tertiary/aromatic N) is 4. The number of carbonyl (C=O) groups excluding carboxylic acids is 1. The number of nitrogens with two attached hydrogens (primary N) is 1. The summed E-state index contributed by atoms with van der Waals surface area (Å²) in [5.74, 6) is 6.97. The molecule has 0 bridgehead atoms. The van der Waals surface area contributed by atoms with Crippen molar-refractivity contribution in [3.63, 3.8) is 0 Å². The first-order chi connectivity index (χ1) is 14.1. The first-order valence-corrected chi connectivity index (χ1v) is 11.1. The van der Waals surface area contributed by atoms with Crippen LogP contribution in [0, 0.1) is 0 Å². The molecule has 0 saturated heterocycles. The van der Waals surface area contributed by atoms with Crippen LogP contribution in [0.25, 0.3) is 0 Å². The molecule has 9 heteroatoms. The van der Waals surface area contributed by atoms with Crippen molar-refractivity contribution in [1.29, 1.82) is 0 Å². The third-order valence-electron chi connectivity index (χ3n) is 5.12. The number of hydrogen-bond acceptors (Lipinski definition) is 7. The van der Waals surface area contributed by atoms with Gasteiger partial charge in [0, 0.05) is 11.4 Å². The van der Waals surface area contributed by atoms with E-state index in [1.807, 2.05) is 12.1 Å². The van der Waals surface area contributed by atoms with E-state index >= 15 is 0 Å². The molecule has 156 valence electrons. The van der Waals surface area contributed by atoms with Crippen molar-refractivity contribution in [1.82, 2.24) is 14.9 Å². The van der Waals surface area contributed by atoms with Crippen LogP contribution in [-0.4, -0.2) is 32.2 Å². The number of amides is 1. The number of nitrogens with one attached hydrogen (secondary N) is 2. The molecule has 1 unspecified atom stereocenters. The van der Waals surface area contributed by atoms with Crippen molar-refractivity contribution < 1.29 is 4.79 Å². The van der Waals surface area contributed by atoms with Crippen molar-refractivity contribution in [3.05, 3.63) is 29.8 Å². The minimum Gasteiger partial charge on any atom is -0.334 e. The fourth-order valence-electron chi connectivity index (χ4n) is 3.11. The van der Waals surface area contributed by atoms with Crippen LogP contribution in [0.2, 0.25) is 0 Å². The van der Waals surface area contributed by atoms with Gasteiger partial charge < -0.3 is 11.2 Å². The second kappa shape index (κ2) is 10.3. The summed E-state index contributed by atoms with van der Waals surface area (Å²) in [5.41, 5.74) is 6.07. The maximum atomic E-state index is 12.2. The molecule has 3 rings (SSSR count). The predicted molar refractivity (Wildman–Crippen MR) is 119 cm³/mol. The van der Waals surface area contributed by atoms with Crippen LogP contribution in [-0.2, 0) is 4.79 Å². The van der Waals surface area contributed by atoms with Gasteiger partial charge in [0.2, 0.25) is 11.1 Å². The normalized spacial score (nSPS) is 15.0. The van der Waals surface area contributed by atoms with E-state index in [-0.39, 0.29) is 11.7 Å². The van der Waals surface area contributed by atoms with Crippen LogP contribution in [0.5, 0.6) is 0 Å². The quantitative estimate of drug-likeness (QED) is 0.342. The molecule has 0 aliphatic heterocycles. The van der Waals surface area contributed by atoms with Crippen molar-refractivity contribution >= 4 is 35.0 Å². The highest BCUT2D eigenvalue weighted by molar-refractivity contribution is 7.99. The summed E-state index contributed by atoms with van der Waals surface area (Å²) in [6.07, 6.45) is 6.71. The third-order valence-corrected chi connectivity index (χ3v) is 6.06. The minimum atomic E-state index is -0.119. The topological polar surface area (TPSA) is 110 Å². The van der Waals surface area contributed by atoms with Gasteiger partial charge in [-0.2, -0.15) is 5.10 Å². The summed E-state index contributed by atoms with van der Waals surface area (Å²) in [7, 11) is 0. The van der Waals surface area contributed by atoms with Crippen LogP contribution in [0.15, 0.2) is 34.5 Å². The van der Waals surface area contributed by atoms with Crippen molar-refractivity contribution in [2.24, 2.45) is 5.10 Å². The van der Waals surface area contributed by atoms with E-state index in [9.17, 15) is 4.79 Å². The average Bonchev–Trinajstić information content (AvgIpc) is 3.11. The number of benzene rings is 1. The largest absolute Gasteiger partial charge is 0.334 e. The Hall–Kier alpha value is -2.55. The zero-order chi connectivity index (χ0) is 20.6. The van der Waals surface area contributed by atoms with Gasteiger partial charge in [0.15, 0.2) is 0 Å². The van der Waals surface area contributed by atoms with Crippen molar-refractivity contribution in [2.75, 3.05) is 22.3 Å². The zero-order valence-electron chi connectivity index (χ0n) is 17.0. The first-order valence-electron chi connectivity index (χ1n) is 10.1.